The average Bonchev–Trinajstić information content (AvgIpc) is 2.98. The smallest absolute Gasteiger partial charge is 0.212 e. The molecule has 2 rings (SSSR count). The quantitative estimate of drug-likeness (QED) is 0.812. The summed E-state index contributed by atoms with van der Waals surface area (Å²) in [7, 11) is 1.63. The lowest BCUT2D eigenvalue weighted by molar-refractivity contribution is 0.397. The summed E-state index contributed by atoms with van der Waals surface area (Å²) in [6.45, 7) is 3.21. The Morgan fingerprint density at radius 3 is 2.80 bits per heavy atom. The summed E-state index contributed by atoms with van der Waals surface area (Å²) in [5, 5.41) is 6.80. The van der Waals surface area contributed by atoms with Gasteiger partial charge in [0.2, 0.25) is 5.88 Å². The van der Waals surface area contributed by atoms with E-state index in [2.05, 4.69) is 28.3 Å². The number of ether oxygens (including phenoxy) is 1. The number of hydrogen-bond donors (Lipinski definition) is 1. The fraction of sp³-hybridized carbons (Fsp3) is 0.467. The Bertz CT molecular complexity index is 484. The summed E-state index contributed by atoms with van der Waals surface area (Å²) in [4.78, 5) is 8.64. The van der Waals surface area contributed by atoms with Gasteiger partial charge in [-0.3, -0.25) is 0 Å². The van der Waals surface area contributed by atoms with Crippen LogP contribution in [0, 0.1) is 0 Å². The molecule has 108 valence electrons. The fourth-order valence-corrected chi connectivity index (χ4v) is 2.76. The molecule has 0 amide bonds. The third-order valence-corrected chi connectivity index (χ3v) is 3.88. The maximum atomic E-state index is 5.09. The molecule has 2 aromatic rings. The van der Waals surface area contributed by atoms with Gasteiger partial charge in [0.05, 0.1) is 12.1 Å². The van der Waals surface area contributed by atoms with Crippen molar-refractivity contribution in [1.82, 2.24) is 15.3 Å². The highest BCUT2D eigenvalue weighted by Gasteiger charge is 2.12. The highest BCUT2D eigenvalue weighted by molar-refractivity contribution is 7.09. The second-order valence-corrected chi connectivity index (χ2v) is 5.67. The van der Waals surface area contributed by atoms with Gasteiger partial charge < -0.3 is 10.1 Å². The minimum absolute atomic E-state index is 0.399. The van der Waals surface area contributed by atoms with Crippen molar-refractivity contribution in [3.8, 4) is 5.88 Å². The Morgan fingerprint density at radius 2 is 2.20 bits per heavy atom. The van der Waals surface area contributed by atoms with Crippen LogP contribution in [0.2, 0.25) is 0 Å². The van der Waals surface area contributed by atoms with Crippen molar-refractivity contribution >= 4 is 11.3 Å². The van der Waals surface area contributed by atoms with E-state index in [1.54, 1.807) is 18.4 Å². The first-order chi connectivity index (χ1) is 9.81. The van der Waals surface area contributed by atoms with Gasteiger partial charge in [0.1, 0.15) is 0 Å². The van der Waals surface area contributed by atoms with Crippen LogP contribution >= 0.6 is 11.3 Å². The van der Waals surface area contributed by atoms with Crippen LogP contribution in [0.15, 0.2) is 29.9 Å². The van der Waals surface area contributed by atoms with Crippen molar-refractivity contribution in [2.45, 2.75) is 32.2 Å². The summed E-state index contributed by atoms with van der Waals surface area (Å²) in [5.41, 5.74) is 1.22. The summed E-state index contributed by atoms with van der Waals surface area (Å²) in [5.74, 6) is 0.659. The molecule has 0 saturated heterocycles. The normalized spacial score (nSPS) is 12.3. The molecule has 20 heavy (non-hydrogen) atoms. The molecule has 1 unspecified atom stereocenters. The van der Waals surface area contributed by atoms with E-state index in [0.717, 1.165) is 25.8 Å². The maximum absolute atomic E-state index is 5.09. The van der Waals surface area contributed by atoms with Crippen LogP contribution in [0.25, 0.3) is 0 Å². The Hall–Kier alpha value is -1.46. The molecule has 4 nitrogen and oxygen atoms in total. The molecule has 0 radical (unpaired) electrons. The van der Waals surface area contributed by atoms with Crippen molar-refractivity contribution in [1.29, 1.82) is 0 Å². The van der Waals surface area contributed by atoms with E-state index in [1.807, 2.05) is 23.8 Å². The number of thiazole rings is 1. The maximum Gasteiger partial charge on any atom is 0.212 e. The number of aromatic nitrogens is 2. The molecule has 0 spiro atoms. The molecule has 0 fully saturated rings. The van der Waals surface area contributed by atoms with Crippen molar-refractivity contribution in [3.63, 3.8) is 0 Å². The minimum atomic E-state index is 0.399. The minimum Gasteiger partial charge on any atom is -0.481 e. The Balaban J connectivity index is 1.98. The van der Waals surface area contributed by atoms with E-state index in [1.165, 1.54) is 10.6 Å². The molecule has 1 N–H and O–H groups in total. The van der Waals surface area contributed by atoms with Gasteiger partial charge in [-0.25, -0.2) is 9.97 Å². The van der Waals surface area contributed by atoms with Crippen LogP contribution in [0.4, 0.5) is 0 Å². The summed E-state index contributed by atoms with van der Waals surface area (Å²) >= 11 is 1.71. The van der Waals surface area contributed by atoms with E-state index in [-0.39, 0.29) is 0 Å². The number of pyridine rings is 1. The lowest BCUT2D eigenvalue weighted by Crippen LogP contribution is -2.33. The molecule has 2 heterocycles. The van der Waals surface area contributed by atoms with Crippen LogP contribution in [-0.2, 0) is 12.8 Å². The molecule has 5 heteroatoms. The second-order valence-electron chi connectivity index (χ2n) is 4.69. The van der Waals surface area contributed by atoms with Gasteiger partial charge in [0.15, 0.2) is 0 Å². The van der Waals surface area contributed by atoms with E-state index >= 15 is 0 Å². The van der Waals surface area contributed by atoms with Crippen molar-refractivity contribution in [2.75, 3.05) is 13.7 Å². The number of hydrogen-bond acceptors (Lipinski definition) is 5. The van der Waals surface area contributed by atoms with Crippen LogP contribution in [-0.4, -0.2) is 29.7 Å². The predicted molar refractivity (Wildman–Crippen MR) is 82.4 cm³/mol. The topological polar surface area (TPSA) is 47.0 Å². The standard InChI is InChI=1S/C15H21N3OS/c1-3-6-16-13(10-15-17-7-8-20-15)9-12-4-5-14(19-2)18-11-12/h4-5,7-8,11,13,16H,3,6,9-10H2,1-2H3. The number of nitrogens with zero attached hydrogens (tertiary/aromatic N) is 2. The molecular formula is C15H21N3OS. The van der Waals surface area contributed by atoms with E-state index in [4.69, 9.17) is 4.74 Å². The van der Waals surface area contributed by atoms with Crippen molar-refractivity contribution in [3.05, 3.63) is 40.5 Å². The lowest BCUT2D eigenvalue weighted by atomic mass is 10.0. The summed E-state index contributed by atoms with van der Waals surface area (Å²) < 4.78 is 5.09. The van der Waals surface area contributed by atoms with Gasteiger partial charge in [-0.15, -0.1) is 11.3 Å². The SMILES string of the molecule is CCCNC(Cc1ccc(OC)nc1)Cc1nccs1. The molecule has 0 aliphatic rings. The second kappa shape index (κ2) is 7.97. The fourth-order valence-electron chi connectivity index (χ4n) is 2.07. The number of rotatable bonds is 8. The Morgan fingerprint density at radius 1 is 1.30 bits per heavy atom. The first-order valence-electron chi connectivity index (χ1n) is 6.92. The van der Waals surface area contributed by atoms with E-state index in [0.29, 0.717) is 11.9 Å². The lowest BCUT2D eigenvalue weighted by Gasteiger charge is -2.17. The molecule has 0 aliphatic carbocycles. The van der Waals surface area contributed by atoms with Gasteiger partial charge in [-0.2, -0.15) is 0 Å². The van der Waals surface area contributed by atoms with Crippen LogP contribution < -0.4 is 10.1 Å². The van der Waals surface area contributed by atoms with Gasteiger partial charge in [0.25, 0.3) is 0 Å². The predicted octanol–water partition coefficient (Wildman–Crippen LogP) is 2.70. The van der Waals surface area contributed by atoms with Gasteiger partial charge in [-0.05, 0) is 24.9 Å². The van der Waals surface area contributed by atoms with Crippen LogP contribution in [0.3, 0.4) is 0 Å². The van der Waals surface area contributed by atoms with Gasteiger partial charge >= 0.3 is 0 Å². The zero-order chi connectivity index (χ0) is 14.2. The van der Waals surface area contributed by atoms with Crippen molar-refractivity contribution < 1.29 is 4.74 Å². The van der Waals surface area contributed by atoms with E-state index < -0.39 is 0 Å². The van der Waals surface area contributed by atoms with Gasteiger partial charge in [0, 0.05) is 36.3 Å². The Kier molecular flexibility index (Phi) is 5.95. The average molecular weight is 291 g/mol. The number of methoxy groups -OCH3 is 1. The first-order valence-corrected chi connectivity index (χ1v) is 7.80. The monoisotopic (exact) mass is 291 g/mol. The molecule has 0 bridgehead atoms. The van der Waals surface area contributed by atoms with Crippen molar-refractivity contribution in [2.24, 2.45) is 0 Å². The highest BCUT2D eigenvalue weighted by atomic mass is 32.1. The van der Waals surface area contributed by atoms with Crippen LogP contribution in [0.5, 0.6) is 5.88 Å². The third kappa shape index (κ3) is 4.58. The highest BCUT2D eigenvalue weighted by Crippen LogP contribution is 2.13. The summed E-state index contributed by atoms with van der Waals surface area (Å²) in [6.07, 6.45) is 6.81. The molecular weight excluding hydrogens is 270 g/mol. The number of nitrogens with one attached hydrogen (secondary N) is 1. The zero-order valence-corrected chi connectivity index (χ0v) is 12.8. The largest absolute Gasteiger partial charge is 0.481 e. The zero-order valence-electron chi connectivity index (χ0n) is 12.0. The molecule has 0 aromatic carbocycles. The third-order valence-electron chi connectivity index (χ3n) is 3.08. The first kappa shape index (κ1) is 14.9. The molecule has 0 aliphatic heterocycles. The van der Waals surface area contributed by atoms with Gasteiger partial charge in [-0.1, -0.05) is 13.0 Å². The van der Waals surface area contributed by atoms with Crippen LogP contribution in [0.1, 0.15) is 23.9 Å². The molecule has 2 aromatic heterocycles. The summed E-state index contributed by atoms with van der Waals surface area (Å²) in [6, 6.07) is 4.39. The van der Waals surface area contributed by atoms with E-state index in [9.17, 15) is 0 Å². The Labute approximate surface area is 124 Å². The molecule has 1 atom stereocenters. The molecule has 0 saturated carbocycles.